The minimum absolute atomic E-state index is 0.219. The fraction of sp³-hybridized carbons (Fsp3) is 0.143. The van der Waals surface area contributed by atoms with Crippen molar-refractivity contribution in [3.8, 4) is 5.75 Å². The van der Waals surface area contributed by atoms with Crippen molar-refractivity contribution in [3.05, 3.63) is 64.6 Å². The minimum atomic E-state index is 0.219. The molecule has 0 saturated carbocycles. The molecule has 0 amide bonds. The Morgan fingerprint density at radius 1 is 0.941 bits per heavy atom. The van der Waals surface area contributed by atoms with Gasteiger partial charge in [-0.2, -0.15) is 0 Å². The van der Waals surface area contributed by atoms with Gasteiger partial charge in [-0.1, -0.05) is 31.2 Å². The number of phenols is 1. The lowest BCUT2D eigenvalue weighted by atomic mass is 9.93. The third-order valence-corrected chi connectivity index (χ3v) is 2.89. The van der Waals surface area contributed by atoms with E-state index in [2.05, 4.69) is 12.1 Å². The van der Waals surface area contributed by atoms with Gasteiger partial charge in [0.05, 0.1) is 0 Å². The van der Waals surface area contributed by atoms with Crippen molar-refractivity contribution in [3.63, 3.8) is 0 Å². The fourth-order valence-electron chi connectivity index (χ4n) is 1.78. The highest BCUT2D eigenvalue weighted by Gasteiger charge is 2.08. The second-order valence-corrected chi connectivity index (χ2v) is 4.00. The van der Waals surface area contributed by atoms with Crippen molar-refractivity contribution >= 4 is 5.69 Å². The molecule has 1 atom stereocenters. The molecule has 2 rings (SSSR count). The lowest BCUT2D eigenvalue weighted by Gasteiger charge is -2.12. The molecular formula is C14H13NO2. The van der Waals surface area contributed by atoms with Crippen LogP contribution in [-0.4, -0.2) is 5.11 Å². The van der Waals surface area contributed by atoms with Gasteiger partial charge in [0.25, 0.3) is 0 Å². The van der Waals surface area contributed by atoms with Crippen LogP contribution < -0.4 is 0 Å². The molecule has 0 aliphatic rings. The van der Waals surface area contributed by atoms with E-state index >= 15 is 0 Å². The Morgan fingerprint density at radius 2 is 1.41 bits per heavy atom. The molecule has 0 aromatic heterocycles. The fourth-order valence-corrected chi connectivity index (χ4v) is 1.78. The maximum absolute atomic E-state index is 10.3. The van der Waals surface area contributed by atoms with Gasteiger partial charge in [0.15, 0.2) is 0 Å². The summed E-state index contributed by atoms with van der Waals surface area (Å²) in [6, 6.07) is 14.3. The summed E-state index contributed by atoms with van der Waals surface area (Å²) in [5.74, 6) is 0.484. The van der Waals surface area contributed by atoms with Crippen molar-refractivity contribution in [2.24, 2.45) is 5.18 Å². The number of hydrogen-bond acceptors (Lipinski definition) is 3. The summed E-state index contributed by atoms with van der Waals surface area (Å²) in [5, 5.41) is 12.1. The molecule has 0 radical (unpaired) electrons. The summed E-state index contributed by atoms with van der Waals surface area (Å²) < 4.78 is 0. The molecule has 0 aliphatic heterocycles. The number of rotatable bonds is 3. The van der Waals surface area contributed by atoms with Crippen LogP contribution in [0.1, 0.15) is 24.0 Å². The van der Waals surface area contributed by atoms with Crippen molar-refractivity contribution < 1.29 is 5.11 Å². The van der Waals surface area contributed by atoms with Gasteiger partial charge in [0.2, 0.25) is 0 Å². The van der Waals surface area contributed by atoms with E-state index in [0.29, 0.717) is 5.69 Å². The molecule has 2 aromatic carbocycles. The zero-order chi connectivity index (χ0) is 12.3. The molecule has 86 valence electrons. The summed E-state index contributed by atoms with van der Waals surface area (Å²) in [7, 11) is 0. The molecule has 0 aliphatic carbocycles. The predicted octanol–water partition coefficient (Wildman–Crippen LogP) is 3.94. The van der Waals surface area contributed by atoms with E-state index < -0.39 is 0 Å². The third-order valence-electron chi connectivity index (χ3n) is 2.89. The number of aromatic hydroxyl groups is 1. The van der Waals surface area contributed by atoms with Crippen molar-refractivity contribution in [2.75, 3.05) is 0 Å². The number of benzene rings is 2. The van der Waals surface area contributed by atoms with Gasteiger partial charge in [0.1, 0.15) is 11.4 Å². The summed E-state index contributed by atoms with van der Waals surface area (Å²) in [5.41, 5.74) is 2.67. The zero-order valence-electron chi connectivity index (χ0n) is 9.50. The maximum Gasteiger partial charge on any atom is 0.115 e. The van der Waals surface area contributed by atoms with Gasteiger partial charge in [-0.25, -0.2) is 0 Å². The first-order valence-electron chi connectivity index (χ1n) is 5.43. The normalized spacial score (nSPS) is 12.1. The molecule has 2 aromatic rings. The Hall–Kier alpha value is -2.16. The summed E-state index contributed by atoms with van der Waals surface area (Å²) in [6.45, 7) is 2.08. The van der Waals surface area contributed by atoms with Gasteiger partial charge < -0.3 is 5.11 Å². The molecule has 0 heterocycles. The van der Waals surface area contributed by atoms with Gasteiger partial charge >= 0.3 is 0 Å². The Bertz CT molecular complexity index is 503. The van der Waals surface area contributed by atoms with Crippen LogP contribution in [0.5, 0.6) is 5.75 Å². The highest BCUT2D eigenvalue weighted by atomic mass is 16.3. The van der Waals surface area contributed by atoms with Gasteiger partial charge in [-0.15, -0.1) is 4.91 Å². The highest BCUT2D eigenvalue weighted by molar-refractivity contribution is 5.42. The molecule has 0 saturated heterocycles. The molecular weight excluding hydrogens is 214 g/mol. The summed E-state index contributed by atoms with van der Waals surface area (Å²) in [4.78, 5) is 10.3. The van der Waals surface area contributed by atoms with Crippen LogP contribution in [0.2, 0.25) is 0 Å². The van der Waals surface area contributed by atoms with E-state index in [1.165, 1.54) is 0 Å². The predicted molar refractivity (Wildman–Crippen MR) is 67.5 cm³/mol. The van der Waals surface area contributed by atoms with E-state index in [9.17, 15) is 10.0 Å². The van der Waals surface area contributed by atoms with Crippen molar-refractivity contribution in [2.45, 2.75) is 12.8 Å². The smallest absolute Gasteiger partial charge is 0.115 e. The van der Waals surface area contributed by atoms with E-state index in [1.807, 2.05) is 24.3 Å². The molecule has 0 bridgehead atoms. The van der Waals surface area contributed by atoms with Crippen molar-refractivity contribution in [1.82, 2.24) is 0 Å². The average Bonchev–Trinajstić information content (AvgIpc) is 2.39. The summed E-state index contributed by atoms with van der Waals surface area (Å²) >= 11 is 0. The van der Waals surface area contributed by atoms with Gasteiger partial charge in [0, 0.05) is 5.92 Å². The van der Waals surface area contributed by atoms with Crippen LogP contribution >= 0.6 is 0 Å². The first kappa shape index (κ1) is 11.3. The molecule has 0 spiro atoms. The van der Waals surface area contributed by atoms with Crippen LogP contribution in [0, 0.1) is 4.91 Å². The average molecular weight is 227 g/mol. The number of hydrogen-bond donors (Lipinski definition) is 1. The van der Waals surface area contributed by atoms with E-state index in [0.717, 1.165) is 11.1 Å². The first-order chi connectivity index (χ1) is 8.20. The molecule has 1 unspecified atom stereocenters. The van der Waals surface area contributed by atoms with Gasteiger partial charge in [-0.3, -0.25) is 0 Å². The Labute approximate surface area is 99.7 Å². The number of nitroso groups, excluding NO2 is 1. The number of phenolic OH excluding ortho intramolecular Hbond substituents is 1. The van der Waals surface area contributed by atoms with Crippen LogP contribution in [0.15, 0.2) is 53.7 Å². The summed E-state index contributed by atoms with van der Waals surface area (Å²) in [6.07, 6.45) is 0. The topological polar surface area (TPSA) is 49.7 Å². The lowest BCUT2D eigenvalue weighted by molar-refractivity contribution is 0.475. The van der Waals surface area contributed by atoms with Gasteiger partial charge in [-0.05, 0) is 40.6 Å². The first-order valence-corrected chi connectivity index (χ1v) is 5.43. The SMILES string of the molecule is CC(c1ccc(O)cc1)c1ccc(N=O)cc1. The third kappa shape index (κ3) is 2.50. The van der Waals surface area contributed by atoms with E-state index in [1.54, 1.807) is 24.3 Å². The number of nitrogens with zero attached hydrogens (tertiary/aromatic N) is 1. The Morgan fingerprint density at radius 3 is 1.88 bits per heavy atom. The standard InChI is InChI=1S/C14H13NO2/c1-10(12-4-8-14(16)9-5-12)11-2-6-13(15-17)7-3-11/h2-10,16H,1H3. The molecule has 17 heavy (non-hydrogen) atoms. The van der Waals surface area contributed by atoms with Crippen molar-refractivity contribution in [1.29, 1.82) is 0 Å². The second kappa shape index (κ2) is 4.78. The lowest BCUT2D eigenvalue weighted by Crippen LogP contribution is -1.94. The Kier molecular flexibility index (Phi) is 3.19. The Balaban J connectivity index is 2.26. The molecule has 0 fully saturated rings. The van der Waals surface area contributed by atoms with Crippen LogP contribution in [-0.2, 0) is 0 Å². The molecule has 3 heteroatoms. The van der Waals surface area contributed by atoms with Crippen LogP contribution in [0.25, 0.3) is 0 Å². The zero-order valence-corrected chi connectivity index (χ0v) is 9.50. The largest absolute Gasteiger partial charge is 0.508 e. The van der Waals surface area contributed by atoms with E-state index in [4.69, 9.17) is 0 Å². The van der Waals surface area contributed by atoms with Crippen LogP contribution in [0.4, 0.5) is 5.69 Å². The van der Waals surface area contributed by atoms with Crippen LogP contribution in [0.3, 0.4) is 0 Å². The molecule has 1 N–H and O–H groups in total. The maximum atomic E-state index is 10.3. The highest BCUT2D eigenvalue weighted by Crippen LogP contribution is 2.26. The monoisotopic (exact) mass is 227 g/mol. The van der Waals surface area contributed by atoms with E-state index in [-0.39, 0.29) is 11.7 Å². The molecule has 3 nitrogen and oxygen atoms in total. The quantitative estimate of drug-likeness (QED) is 0.807. The minimum Gasteiger partial charge on any atom is -0.508 e. The second-order valence-electron chi connectivity index (χ2n) is 4.00.